The number of nitrogens with zero attached hydrogens (tertiary/aromatic N) is 3. The number of carbonyl (C=O) groups is 1. The first kappa shape index (κ1) is 16.7. The molecule has 4 nitrogen and oxygen atoms in total. The second kappa shape index (κ2) is 7.22. The number of rotatable bonds is 5. The molecule has 0 radical (unpaired) electrons. The molecule has 0 saturated carbocycles. The predicted molar refractivity (Wildman–Crippen MR) is 105 cm³/mol. The minimum Gasteiger partial charge on any atom is -0.355 e. The quantitative estimate of drug-likeness (QED) is 0.615. The average Bonchev–Trinajstić information content (AvgIpc) is 3.25. The number of anilines is 1. The van der Waals surface area contributed by atoms with Gasteiger partial charge >= 0.3 is 0 Å². The Balaban J connectivity index is 1.38. The third-order valence-corrected chi connectivity index (χ3v) is 6.07. The molecule has 1 aromatic carbocycles. The number of thiophene rings is 1. The van der Waals surface area contributed by atoms with Crippen LogP contribution in [0.1, 0.15) is 18.4 Å². The smallest absolute Gasteiger partial charge is 0.150 e. The van der Waals surface area contributed by atoms with Gasteiger partial charge in [-0.2, -0.15) is 0 Å². The first-order valence-corrected chi connectivity index (χ1v) is 10.1. The van der Waals surface area contributed by atoms with Gasteiger partial charge in [0.05, 0.1) is 10.2 Å². The summed E-state index contributed by atoms with van der Waals surface area (Å²) in [5, 5.41) is 2.05. The molecule has 0 spiro atoms. The fraction of sp³-hybridized carbons (Fsp3) is 0.316. The average molecular weight is 416 g/mol. The molecule has 4 rings (SSSR count). The van der Waals surface area contributed by atoms with Crippen LogP contribution in [0.4, 0.5) is 5.82 Å². The summed E-state index contributed by atoms with van der Waals surface area (Å²) in [5.41, 5.74) is 2.09. The van der Waals surface area contributed by atoms with E-state index in [1.807, 2.05) is 30.3 Å². The molecule has 0 amide bonds. The molecule has 25 heavy (non-hydrogen) atoms. The van der Waals surface area contributed by atoms with E-state index in [1.165, 1.54) is 0 Å². The Bertz CT molecular complexity index is 893. The van der Waals surface area contributed by atoms with E-state index in [0.717, 1.165) is 45.6 Å². The molecule has 1 aliphatic heterocycles. The second-order valence-electron chi connectivity index (χ2n) is 6.48. The van der Waals surface area contributed by atoms with Gasteiger partial charge in [0.1, 0.15) is 17.9 Å². The highest BCUT2D eigenvalue weighted by Gasteiger charge is 2.26. The van der Waals surface area contributed by atoms with Gasteiger partial charge in [-0.1, -0.05) is 28.1 Å². The number of hydrogen-bond donors (Lipinski definition) is 0. The van der Waals surface area contributed by atoms with Gasteiger partial charge in [0.25, 0.3) is 0 Å². The van der Waals surface area contributed by atoms with Crippen LogP contribution < -0.4 is 4.90 Å². The number of halogens is 1. The van der Waals surface area contributed by atoms with Crippen LogP contribution in [0, 0.1) is 5.92 Å². The third-order valence-electron chi connectivity index (χ3n) is 4.64. The van der Waals surface area contributed by atoms with Crippen molar-refractivity contribution < 1.29 is 4.79 Å². The zero-order valence-corrected chi connectivity index (χ0v) is 16.1. The summed E-state index contributed by atoms with van der Waals surface area (Å²) in [6.45, 7) is 1.86. The molecule has 0 aliphatic carbocycles. The zero-order chi connectivity index (χ0) is 17.2. The molecule has 0 N–H and O–H groups in total. The number of benzene rings is 1. The van der Waals surface area contributed by atoms with Crippen LogP contribution in [0.3, 0.4) is 0 Å². The predicted octanol–water partition coefficient (Wildman–Crippen LogP) is 4.48. The highest BCUT2D eigenvalue weighted by Crippen LogP contribution is 2.32. The SMILES string of the molecule is O=C(Cc1ccc(Br)cc1)CC1CCN(c2ncnc3ccsc23)C1. The third kappa shape index (κ3) is 3.75. The van der Waals surface area contributed by atoms with Gasteiger partial charge in [-0.3, -0.25) is 4.79 Å². The van der Waals surface area contributed by atoms with Gasteiger partial charge in [0.2, 0.25) is 0 Å². The molecule has 3 heterocycles. The summed E-state index contributed by atoms with van der Waals surface area (Å²) in [5.74, 6) is 1.74. The normalized spacial score (nSPS) is 17.3. The molecule has 128 valence electrons. The van der Waals surface area contributed by atoms with Crippen molar-refractivity contribution in [2.45, 2.75) is 19.3 Å². The van der Waals surface area contributed by atoms with Crippen molar-refractivity contribution in [1.29, 1.82) is 0 Å². The highest BCUT2D eigenvalue weighted by molar-refractivity contribution is 9.10. The second-order valence-corrected chi connectivity index (χ2v) is 8.31. The molecule has 3 aromatic rings. The zero-order valence-electron chi connectivity index (χ0n) is 13.7. The Hall–Kier alpha value is -1.79. The van der Waals surface area contributed by atoms with Crippen molar-refractivity contribution in [2.75, 3.05) is 18.0 Å². The molecule has 1 aliphatic rings. The first-order chi connectivity index (χ1) is 12.2. The van der Waals surface area contributed by atoms with Crippen molar-refractivity contribution in [3.05, 3.63) is 52.1 Å². The molecular weight excluding hydrogens is 398 g/mol. The maximum Gasteiger partial charge on any atom is 0.150 e. The van der Waals surface area contributed by atoms with Crippen molar-refractivity contribution in [3.8, 4) is 0 Å². The van der Waals surface area contributed by atoms with Gasteiger partial charge in [-0.15, -0.1) is 11.3 Å². The van der Waals surface area contributed by atoms with Crippen LogP contribution in [0.15, 0.2) is 46.5 Å². The number of fused-ring (bicyclic) bond motifs is 1. The van der Waals surface area contributed by atoms with Crippen molar-refractivity contribution in [3.63, 3.8) is 0 Å². The topological polar surface area (TPSA) is 46.1 Å². The number of carbonyl (C=O) groups excluding carboxylic acids is 1. The first-order valence-electron chi connectivity index (χ1n) is 8.38. The van der Waals surface area contributed by atoms with Crippen LogP contribution >= 0.6 is 27.3 Å². The van der Waals surface area contributed by atoms with Crippen LogP contribution in [0.5, 0.6) is 0 Å². The summed E-state index contributed by atoms with van der Waals surface area (Å²) in [6, 6.07) is 10.0. The Kier molecular flexibility index (Phi) is 4.81. The van der Waals surface area contributed by atoms with Crippen molar-refractivity contribution in [2.24, 2.45) is 5.92 Å². The monoisotopic (exact) mass is 415 g/mol. The summed E-state index contributed by atoms with van der Waals surface area (Å²) in [6.07, 6.45) is 3.84. The minimum atomic E-state index is 0.318. The summed E-state index contributed by atoms with van der Waals surface area (Å²) < 4.78 is 2.18. The Morgan fingerprint density at radius 2 is 2.08 bits per heavy atom. The summed E-state index contributed by atoms with van der Waals surface area (Å²) >= 11 is 5.11. The fourth-order valence-corrected chi connectivity index (χ4v) is 4.54. The summed E-state index contributed by atoms with van der Waals surface area (Å²) in [7, 11) is 0. The number of Topliss-reactive ketones (excluding diaryl/α,β-unsaturated/α-hetero) is 1. The van der Waals surface area contributed by atoms with E-state index >= 15 is 0 Å². The number of ketones is 1. The van der Waals surface area contributed by atoms with E-state index in [9.17, 15) is 4.79 Å². The molecule has 2 aromatic heterocycles. The van der Waals surface area contributed by atoms with E-state index in [0.29, 0.717) is 24.5 Å². The van der Waals surface area contributed by atoms with Gasteiger partial charge in [0, 0.05) is 30.4 Å². The molecule has 1 atom stereocenters. The number of hydrogen-bond acceptors (Lipinski definition) is 5. The maximum atomic E-state index is 12.4. The maximum absolute atomic E-state index is 12.4. The van der Waals surface area contributed by atoms with Gasteiger partial charge < -0.3 is 4.90 Å². The lowest BCUT2D eigenvalue weighted by Crippen LogP contribution is -2.22. The Morgan fingerprint density at radius 3 is 2.92 bits per heavy atom. The van der Waals surface area contributed by atoms with Gasteiger partial charge in [-0.25, -0.2) is 9.97 Å². The van der Waals surface area contributed by atoms with Crippen molar-refractivity contribution >= 4 is 49.1 Å². The van der Waals surface area contributed by atoms with E-state index in [4.69, 9.17) is 0 Å². The van der Waals surface area contributed by atoms with Crippen LogP contribution in [0.25, 0.3) is 10.2 Å². The molecule has 0 bridgehead atoms. The lowest BCUT2D eigenvalue weighted by molar-refractivity contribution is -0.119. The summed E-state index contributed by atoms with van der Waals surface area (Å²) in [4.78, 5) is 23.5. The fourth-order valence-electron chi connectivity index (χ4n) is 3.42. The molecule has 1 saturated heterocycles. The Morgan fingerprint density at radius 1 is 1.24 bits per heavy atom. The van der Waals surface area contributed by atoms with E-state index in [1.54, 1.807) is 17.7 Å². The highest BCUT2D eigenvalue weighted by atomic mass is 79.9. The van der Waals surface area contributed by atoms with Crippen LogP contribution in [-0.4, -0.2) is 28.8 Å². The minimum absolute atomic E-state index is 0.318. The lowest BCUT2D eigenvalue weighted by Gasteiger charge is -2.17. The van der Waals surface area contributed by atoms with Gasteiger partial charge in [-0.05, 0) is 41.5 Å². The molecular formula is C19H18BrN3OS. The number of aromatic nitrogens is 2. The lowest BCUT2D eigenvalue weighted by atomic mass is 9.98. The standard InChI is InChI=1S/C19H18BrN3OS/c20-15-3-1-13(2-4-15)9-16(24)10-14-5-7-23(11-14)19-18-17(6-8-25-18)21-12-22-19/h1-4,6,8,12,14H,5,7,9-11H2. The van der Waals surface area contributed by atoms with Crippen molar-refractivity contribution in [1.82, 2.24) is 9.97 Å². The van der Waals surface area contributed by atoms with E-state index < -0.39 is 0 Å². The largest absolute Gasteiger partial charge is 0.355 e. The molecule has 1 unspecified atom stereocenters. The van der Waals surface area contributed by atoms with E-state index in [2.05, 4.69) is 36.2 Å². The van der Waals surface area contributed by atoms with Crippen LogP contribution in [-0.2, 0) is 11.2 Å². The molecule has 1 fully saturated rings. The van der Waals surface area contributed by atoms with E-state index in [-0.39, 0.29) is 0 Å². The Labute approximate surface area is 159 Å². The molecule has 6 heteroatoms. The van der Waals surface area contributed by atoms with Gasteiger partial charge in [0.15, 0.2) is 0 Å². The van der Waals surface area contributed by atoms with Crippen LogP contribution in [0.2, 0.25) is 0 Å².